The fourth-order valence-corrected chi connectivity index (χ4v) is 2.04. The lowest BCUT2D eigenvalue weighted by Crippen LogP contribution is -1.93. The summed E-state index contributed by atoms with van der Waals surface area (Å²) in [5.74, 6) is 0.848. The summed E-state index contributed by atoms with van der Waals surface area (Å²) in [7, 11) is 0. The zero-order valence-electron chi connectivity index (χ0n) is 16.2. The minimum absolute atomic E-state index is 0.124. The van der Waals surface area contributed by atoms with Crippen molar-refractivity contribution >= 4 is 0 Å². The van der Waals surface area contributed by atoms with Crippen LogP contribution in [0.4, 0.5) is 4.39 Å². The van der Waals surface area contributed by atoms with E-state index in [0.29, 0.717) is 5.70 Å². The van der Waals surface area contributed by atoms with Crippen molar-refractivity contribution in [2.24, 2.45) is 11.7 Å². The SMILES string of the molecule is C=C(C)N.CCCCC(C)CCCC.Cc1ccc(F)c(C)c1. The molecule has 0 aromatic heterocycles. The first kappa shape index (κ1) is 23.9. The molecule has 0 aliphatic heterocycles. The Morgan fingerprint density at radius 2 is 1.57 bits per heavy atom. The maximum atomic E-state index is 12.5. The lowest BCUT2D eigenvalue weighted by molar-refractivity contribution is 0.454. The number of halogens is 1. The topological polar surface area (TPSA) is 26.0 Å². The molecule has 0 atom stereocenters. The molecule has 0 aliphatic carbocycles. The van der Waals surface area contributed by atoms with Gasteiger partial charge >= 0.3 is 0 Å². The van der Waals surface area contributed by atoms with E-state index in [2.05, 4.69) is 27.4 Å². The fourth-order valence-electron chi connectivity index (χ4n) is 2.04. The molecule has 0 heterocycles. The van der Waals surface area contributed by atoms with Crippen LogP contribution in [0.25, 0.3) is 0 Å². The summed E-state index contributed by atoms with van der Waals surface area (Å²) in [5, 5.41) is 0. The second kappa shape index (κ2) is 15.6. The predicted molar refractivity (Wildman–Crippen MR) is 103 cm³/mol. The van der Waals surface area contributed by atoms with Crippen molar-refractivity contribution in [3.8, 4) is 0 Å². The molecule has 2 heteroatoms. The minimum Gasteiger partial charge on any atom is -0.403 e. The number of hydrogen-bond donors (Lipinski definition) is 1. The molecule has 0 aliphatic rings. The molecule has 2 N–H and O–H groups in total. The lowest BCUT2D eigenvalue weighted by atomic mass is 9.98. The molecule has 134 valence electrons. The summed E-state index contributed by atoms with van der Waals surface area (Å²) in [6.07, 6.45) is 8.44. The summed E-state index contributed by atoms with van der Waals surface area (Å²) in [6.45, 7) is 15.7. The molecular formula is C21H38FN. The molecule has 0 bridgehead atoms. The molecule has 0 radical (unpaired) electrons. The summed E-state index contributed by atoms with van der Waals surface area (Å²) < 4.78 is 12.5. The van der Waals surface area contributed by atoms with Gasteiger partial charge in [-0.05, 0) is 44.0 Å². The van der Waals surface area contributed by atoms with Gasteiger partial charge in [-0.1, -0.05) is 83.6 Å². The van der Waals surface area contributed by atoms with Crippen LogP contribution in [0.15, 0.2) is 30.5 Å². The van der Waals surface area contributed by atoms with Crippen molar-refractivity contribution in [3.05, 3.63) is 47.4 Å². The van der Waals surface area contributed by atoms with Crippen molar-refractivity contribution in [3.63, 3.8) is 0 Å². The molecule has 23 heavy (non-hydrogen) atoms. The van der Waals surface area contributed by atoms with Crippen molar-refractivity contribution in [2.75, 3.05) is 0 Å². The summed E-state index contributed by atoms with van der Waals surface area (Å²) in [5.41, 5.74) is 7.41. The largest absolute Gasteiger partial charge is 0.403 e. The van der Waals surface area contributed by atoms with Crippen LogP contribution in [0.3, 0.4) is 0 Å². The van der Waals surface area contributed by atoms with Crippen molar-refractivity contribution < 1.29 is 4.39 Å². The molecule has 0 unspecified atom stereocenters. The predicted octanol–water partition coefficient (Wildman–Crippen LogP) is 6.92. The molecule has 0 saturated heterocycles. The fraction of sp³-hybridized carbons (Fsp3) is 0.619. The normalized spacial score (nSPS) is 9.57. The highest BCUT2D eigenvalue weighted by atomic mass is 19.1. The summed E-state index contributed by atoms with van der Waals surface area (Å²) >= 11 is 0. The van der Waals surface area contributed by atoms with E-state index in [0.717, 1.165) is 17.0 Å². The zero-order valence-corrected chi connectivity index (χ0v) is 16.2. The number of nitrogens with two attached hydrogens (primary N) is 1. The number of unbranched alkanes of at least 4 members (excludes halogenated alkanes) is 2. The number of allylic oxidation sites excluding steroid dienone is 1. The first-order chi connectivity index (χ1) is 10.7. The van der Waals surface area contributed by atoms with Gasteiger partial charge in [0.1, 0.15) is 5.82 Å². The Labute approximate surface area is 144 Å². The minimum atomic E-state index is -0.124. The van der Waals surface area contributed by atoms with Crippen molar-refractivity contribution in [1.82, 2.24) is 0 Å². The highest BCUT2D eigenvalue weighted by Gasteiger charge is 1.98. The van der Waals surface area contributed by atoms with E-state index < -0.39 is 0 Å². The van der Waals surface area contributed by atoms with Crippen LogP contribution < -0.4 is 5.73 Å². The Balaban J connectivity index is 0. The van der Waals surface area contributed by atoms with Gasteiger partial charge in [0, 0.05) is 0 Å². The van der Waals surface area contributed by atoms with E-state index in [1.54, 1.807) is 19.9 Å². The van der Waals surface area contributed by atoms with E-state index in [-0.39, 0.29) is 5.82 Å². The lowest BCUT2D eigenvalue weighted by Gasteiger charge is -2.08. The second-order valence-electron chi connectivity index (χ2n) is 6.49. The molecule has 1 aromatic carbocycles. The zero-order chi connectivity index (χ0) is 18.3. The van der Waals surface area contributed by atoms with Gasteiger partial charge in [-0.15, -0.1) is 0 Å². The third-order valence-electron chi connectivity index (χ3n) is 3.41. The molecule has 0 spiro atoms. The van der Waals surface area contributed by atoms with Crippen LogP contribution in [0.5, 0.6) is 0 Å². The van der Waals surface area contributed by atoms with Crippen molar-refractivity contribution in [1.29, 1.82) is 0 Å². The maximum absolute atomic E-state index is 12.5. The van der Waals surface area contributed by atoms with Gasteiger partial charge in [0.2, 0.25) is 0 Å². The number of aryl methyl sites for hydroxylation is 2. The molecule has 0 saturated carbocycles. The quantitative estimate of drug-likeness (QED) is 0.604. The summed E-state index contributed by atoms with van der Waals surface area (Å²) in [4.78, 5) is 0. The smallest absolute Gasteiger partial charge is 0.126 e. The molecule has 0 amide bonds. The third-order valence-corrected chi connectivity index (χ3v) is 3.41. The van der Waals surface area contributed by atoms with Crippen LogP contribution >= 0.6 is 0 Å². The van der Waals surface area contributed by atoms with Crippen molar-refractivity contribution in [2.45, 2.75) is 80.1 Å². The van der Waals surface area contributed by atoms with Gasteiger partial charge in [0.25, 0.3) is 0 Å². The van der Waals surface area contributed by atoms with E-state index in [1.165, 1.54) is 44.6 Å². The van der Waals surface area contributed by atoms with E-state index >= 15 is 0 Å². The third kappa shape index (κ3) is 18.6. The molecule has 0 fully saturated rings. The number of hydrogen-bond acceptors (Lipinski definition) is 1. The first-order valence-corrected chi connectivity index (χ1v) is 8.88. The van der Waals surface area contributed by atoms with Crippen LogP contribution in [0.2, 0.25) is 0 Å². The van der Waals surface area contributed by atoms with E-state index in [9.17, 15) is 4.39 Å². The van der Waals surface area contributed by atoms with Gasteiger partial charge in [0.15, 0.2) is 0 Å². The van der Waals surface area contributed by atoms with Crippen LogP contribution in [-0.2, 0) is 0 Å². The standard InChI is InChI=1S/C10H22.C8H9F.C3H7N/c1-4-6-8-10(3)9-7-5-2;1-6-3-4-8(9)7(2)5-6;1-3(2)4/h10H,4-9H2,1-3H3;3-5H,1-2H3;1,4H2,2H3. The van der Waals surface area contributed by atoms with Gasteiger partial charge in [-0.25, -0.2) is 4.39 Å². The highest BCUT2D eigenvalue weighted by Crippen LogP contribution is 2.14. The van der Waals surface area contributed by atoms with Gasteiger partial charge in [0.05, 0.1) is 0 Å². The molecule has 1 aromatic rings. The van der Waals surface area contributed by atoms with Gasteiger partial charge < -0.3 is 5.73 Å². The molecule has 1 nitrogen and oxygen atoms in total. The Morgan fingerprint density at radius 1 is 1.13 bits per heavy atom. The molecular weight excluding hydrogens is 285 g/mol. The molecule has 1 rings (SSSR count). The Morgan fingerprint density at radius 3 is 1.87 bits per heavy atom. The van der Waals surface area contributed by atoms with Crippen LogP contribution in [0.1, 0.15) is 77.3 Å². The van der Waals surface area contributed by atoms with Crippen LogP contribution in [0, 0.1) is 25.6 Å². The highest BCUT2D eigenvalue weighted by molar-refractivity contribution is 5.22. The van der Waals surface area contributed by atoms with Crippen LogP contribution in [-0.4, -0.2) is 0 Å². The monoisotopic (exact) mass is 323 g/mol. The maximum Gasteiger partial charge on any atom is 0.126 e. The second-order valence-corrected chi connectivity index (χ2v) is 6.49. The Bertz CT molecular complexity index is 400. The number of benzene rings is 1. The number of rotatable bonds is 6. The Kier molecular flexibility index (Phi) is 16.2. The Hall–Kier alpha value is -1.31. The summed E-state index contributed by atoms with van der Waals surface area (Å²) in [6, 6.07) is 5.09. The van der Waals surface area contributed by atoms with E-state index in [4.69, 9.17) is 5.73 Å². The average Bonchev–Trinajstić information content (AvgIpc) is 2.47. The first-order valence-electron chi connectivity index (χ1n) is 8.88. The average molecular weight is 324 g/mol. The van der Waals surface area contributed by atoms with E-state index in [1.807, 2.05) is 13.0 Å². The van der Waals surface area contributed by atoms with Gasteiger partial charge in [-0.2, -0.15) is 0 Å². The van der Waals surface area contributed by atoms with Gasteiger partial charge in [-0.3, -0.25) is 0 Å².